The van der Waals surface area contributed by atoms with Gasteiger partial charge in [-0.3, -0.25) is 9.48 Å². The number of amides is 1. The van der Waals surface area contributed by atoms with E-state index in [9.17, 15) is 13.2 Å². The smallest absolute Gasteiger partial charge is 0.246 e. The number of nitrogens with zero attached hydrogens (tertiary/aromatic N) is 3. The molecule has 21 heavy (non-hydrogen) atoms. The summed E-state index contributed by atoms with van der Waals surface area (Å²) >= 11 is 0. The van der Waals surface area contributed by atoms with E-state index < -0.39 is 10.0 Å². The Balaban J connectivity index is 2.06. The molecule has 0 atom stereocenters. The molecule has 2 heterocycles. The predicted molar refractivity (Wildman–Crippen MR) is 78.0 cm³/mol. The lowest BCUT2D eigenvalue weighted by atomic mass is 10.1. The van der Waals surface area contributed by atoms with E-state index in [0.717, 1.165) is 19.3 Å². The average molecular weight is 315 g/mol. The molecule has 0 spiro atoms. The molecule has 0 saturated carbocycles. The Morgan fingerprint density at radius 2 is 1.95 bits per heavy atom. The van der Waals surface area contributed by atoms with Crippen LogP contribution in [0.25, 0.3) is 0 Å². The molecule has 1 aromatic rings. The maximum absolute atomic E-state index is 12.3. The van der Waals surface area contributed by atoms with Crippen molar-refractivity contribution >= 4 is 21.7 Å². The minimum absolute atomic E-state index is 0.0588. The summed E-state index contributed by atoms with van der Waals surface area (Å²) in [5.41, 5.74) is 6.07. The lowest BCUT2D eigenvalue weighted by Crippen LogP contribution is -2.42. The van der Waals surface area contributed by atoms with Gasteiger partial charge in [0.2, 0.25) is 15.9 Å². The fraction of sp³-hybridized carbons (Fsp3) is 0.667. The third-order valence-corrected chi connectivity index (χ3v) is 5.26. The molecule has 1 fully saturated rings. The maximum Gasteiger partial charge on any atom is 0.246 e. The molecule has 0 radical (unpaired) electrons. The second kappa shape index (κ2) is 6.02. The van der Waals surface area contributed by atoms with Crippen LogP contribution in [0.5, 0.6) is 0 Å². The zero-order valence-corrected chi connectivity index (χ0v) is 13.1. The van der Waals surface area contributed by atoms with Gasteiger partial charge < -0.3 is 10.6 Å². The monoisotopic (exact) mass is 315 g/mol. The molecule has 3 N–H and O–H groups in total. The lowest BCUT2D eigenvalue weighted by Gasteiger charge is -2.26. The maximum atomic E-state index is 12.3. The molecule has 0 unspecified atom stereocenters. The number of hydrogen-bond donors (Lipinski definition) is 2. The van der Waals surface area contributed by atoms with Gasteiger partial charge in [0, 0.05) is 20.1 Å². The number of carbonyl (C=O) groups is 1. The number of rotatable bonds is 4. The van der Waals surface area contributed by atoms with Gasteiger partial charge in [0.05, 0.1) is 12.2 Å². The molecule has 1 aliphatic heterocycles. The zero-order chi connectivity index (χ0) is 15.6. The Hall–Kier alpha value is -1.61. The lowest BCUT2D eigenvalue weighted by molar-refractivity contribution is -0.130. The van der Waals surface area contributed by atoms with E-state index in [0.29, 0.717) is 18.8 Å². The second-order valence-corrected chi connectivity index (χ2v) is 6.89. The molecule has 9 heteroatoms. The van der Waals surface area contributed by atoms with Crippen molar-refractivity contribution in [3.05, 3.63) is 5.69 Å². The van der Waals surface area contributed by atoms with E-state index in [2.05, 4.69) is 9.82 Å². The number of anilines is 1. The topological polar surface area (TPSA) is 110 Å². The van der Waals surface area contributed by atoms with E-state index >= 15 is 0 Å². The summed E-state index contributed by atoms with van der Waals surface area (Å²) in [4.78, 5) is 13.6. The first kappa shape index (κ1) is 15.8. The molecule has 2 rings (SSSR count). The number of piperidine rings is 1. The Morgan fingerprint density at radius 1 is 1.33 bits per heavy atom. The zero-order valence-electron chi connectivity index (χ0n) is 12.3. The fourth-order valence-corrected chi connectivity index (χ4v) is 3.73. The molecule has 8 nitrogen and oxygen atoms in total. The number of aryl methyl sites for hydroxylation is 1. The molecule has 1 aliphatic rings. The minimum atomic E-state index is -3.84. The van der Waals surface area contributed by atoms with Gasteiger partial charge in [-0.15, -0.1) is 0 Å². The molecule has 1 saturated heterocycles. The number of nitrogens with two attached hydrogens (primary N) is 1. The molecule has 0 aromatic carbocycles. The molecule has 1 aromatic heterocycles. The van der Waals surface area contributed by atoms with Crippen molar-refractivity contribution in [1.82, 2.24) is 19.4 Å². The van der Waals surface area contributed by atoms with Crippen LogP contribution < -0.4 is 10.5 Å². The highest BCUT2D eigenvalue weighted by atomic mass is 32.2. The molecule has 0 aliphatic carbocycles. The van der Waals surface area contributed by atoms with Crippen LogP contribution in [-0.2, 0) is 21.9 Å². The first-order valence-corrected chi connectivity index (χ1v) is 8.38. The Morgan fingerprint density at radius 3 is 2.48 bits per heavy atom. The Labute approximate surface area is 124 Å². The van der Waals surface area contributed by atoms with Crippen LogP contribution in [0.15, 0.2) is 4.90 Å². The highest BCUT2D eigenvalue weighted by molar-refractivity contribution is 7.89. The van der Waals surface area contributed by atoms with E-state index in [1.807, 2.05) is 0 Å². The minimum Gasteiger partial charge on any atom is -0.381 e. The molecular formula is C12H21N5O3S. The third kappa shape index (κ3) is 3.35. The van der Waals surface area contributed by atoms with Crippen LogP contribution in [0.2, 0.25) is 0 Å². The highest BCUT2D eigenvalue weighted by Crippen LogP contribution is 2.20. The summed E-state index contributed by atoms with van der Waals surface area (Å²) in [5, 5.41) is 3.87. The van der Waals surface area contributed by atoms with Crippen LogP contribution in [0, 0.1) is 6.92 Å². The third-order valence-electron chi connectivity index (χ3n) is 3.70. The summed E-state index contributed by atoms with van der Waals surface area (Å²) in [6.07, 6.45) is 3.04. The summed E-state index contributed by atoms with van der Waals surface area (Å²) in [6.45, 7) is 2.74. The van der Waals surface area contributed by atoms with Gasteiger partial charge >= 0.3 is 0 Å². The fourth-order valence-electron chi connectivity index (χ4n) is 2.43. The number of nitrogens with one attached hydrogen (secondary N) is 1. The number of sulfonamides is 1. The van der Waals surface area contributed by atoms with Crippen LogP contribution in [0.3, 0.4) is 0 Å². The van der Waals surface area contributed by atoms with Gasteiger partial charge in [-0.05, 0) is 26.2 Å². The van der Waals surface area contributed by atoms with E-state index in [1.54, 1.807) is 18.9 Å². The van der Waals surface area contributed by atoms with Crippen LogP contribution in [-0.4, -0.2) is 48.6 Å². The van der Waals surface area contributed by atoms with Crippen LogP contribution >= 0.6 is 0 Å². The van der Waals surface area contributed by atoms with Crippen molar-refractivity contribution in [2.75, 3.05) is 25.4 Å². The van der Waals surface area contributed by atoms with Crippen LogP contribution in [0.4, 0.5) is 5.82 Å². The normalized spacial score (nSPS) is 16.2. The van der Waals surface area contributed by atoms with Crippen molar-refractivity contribution in [2.24, 2.45) is 7.05 Å². The molecule has 0 bridgehead atoms. The van der Waals surface area contributed by atoms with E-state index in [1.165, 1.54) is 4.68 Å². The van der Waals surface area contributed by atoms with Crippen molar-refractivity contribution < 1.29 is 13.2 Å². The average Bonchev–Trinajstić information content (AvgIpc) is 2.71. The summed E-state index contributed by atoms with van der Waals surface area (Å²) < 4.78 is 28.2. The standard InChI is InChI=1S/C12H21N5O3S/c1-9-11(12(13)15-16(9)2)21(19,20)14-8-10(18)17-6-4-3-5-7-17/h14H,3-8H2,1-2H3,(H2,13,15). The van der Waals surface area contributed by atoms with Crippen LogP contribution in [0.1, 0.15) is 25.0 Å². The van der Waals surface area contributed by atoms with Crippen molar-refractivity contribution in [3.8, 4) is 0 Å². The quantitative estimate of drug-likeness (QED) is 0.785. The Kier molecular flexibility index (Phi) is 4.52. The summed E-state index contributed by atoms with van der Waals surface area (Å²) in [7, 11) is -2.23. The van der Waals surface area contributed by atoms with Crippen molar-refractivity contribution in [3.63, 3.8) is 0 Å². The molecule has 1 amide bonds. The molecule has 118 valence electrons. The van der Waals surface area contributed by atoms with E-state index in [-0.39, 0.29) is 23.2 Å². The number of nitrogen functional groups attached to an aromatic ring is 1. The largest absolute Gasteiger partial charge is 0.381 e. The predicted octanol–water partition coefficient (Wildman–Crippen LogP) is -0.398. The number of carbonyl (C=O) groups excluding carboxylic acids is 1. The van der Waals surface area contributed by atoms with Crippen molar-refractivity contribution in [1.29, 1.82) is 0 Å². The molecular weight excluding hydrogens is 294 g/mol. The Bertz CT molecular complexity index is 632. The second-order valence-electron chi connectivity index (χ2n) is 5.19. The summed E-state index contributed by atoms with van der Waals surface area (Å²) in [5.74, 6) is -0.272. The first-order valence-electron chi connectivity index (χ1n) is 6.89. The number of aromatic nitrogens is 2. The number of hydrogen-bond acceptors (Lipinski definition) is 5. The van der Waals surface area contributed by atoms with Gasteiger partial charge in [-0.2, -0.15) is 5.10 Å². The van der Waals surface area contributed by atoms with Gasteiger partial charge in [0.25, 0.3) is 0 Å². The van der Waals surface area contributed by atoms with Gasteiger partial charge in [-0.1, -0.05) is 0 Å². The van der Waals surface area contributed by atoms with Gasteiger partial charge in [-0.25, -0.2) is 13.1 Å². The summed E-state index contributed by atoms with van der Waals surface area (Å²) in [6, 6.07) is 0. The van der Waals surface area contributed by atoms with Gasteiger partial charge in [0.15, 0.2) is 5.82 Å². The van der Waals surface area contributed by atoms with Crippen molar-refractivity contribution in [2.45, 2.75) is 31.1 Å². The van der Waals surface area contributed by atoms with Gasteiger partial charge in [0.1, 0.15) is 4.90 Å². The highest BCUT2D eigenvalue weighted by Gasteiger charge is 2.26. The SMILES string of the molecule is Cc1c(S(=O)(=O)NCC(=O)N2CCCCC2)c(N)nn1C. The van der Waals surface area contributed by atoms with E-state index in [4.69, 9.17) is 5.73 Å². The number of likely N-dealkylation sites (tertiary alicyclic amines) is 1. The first-order chi connectivity index (χ1) is 9.83.